The van der Waals surface area contributed by atoms with Crippen molar-refractivity contribution in [1.29, 1.82) is 0 Å². The maximum Gasteiger partial charge on any atom is 0.200 e. The van der Waals surface area contributed by atoms with Gasteiger partial charge in [-0.15, -0.1) is 12.4 Å². The van der Waals surface area contributed by atoms with Crippen molar-refractivity contribution in [2.45, 2.75) is 39.2 Å². The molecule has 0 saturated carbocycles. The van der Waals surface area contributed by atoms with Crippen molar-refractivity contribution in [2.24, 2.45) is 5.73 Å². The van der Waals surface area contributed by atoms with Gasteiger partial charge in [-0.05, 0) is 37.0 Å². The van der Waals surface area contributed by atoms with E-state index in [4.69, 9.17) is 10.5 Å². The van der Waals surface area contributed by atoms with Gasteiger partial charge in [-0.1, -0.05) is 13.8 Å². The highest BCUT2D eigenvalue weighted by molar-refractivity contribution is 5.85. The summed E-state index contributed by atoms with van der Waals surface area (Å²) in [6.45, 7) is 4.24. The van der Waals surface area contributed by atoms with E-state index in [9.17, 15) is 8.78 Å². The Morgan fingerprint density at radius 1 is 1.28 bits per heavy atom. The molecule has 0 aromatic heterocycles. The van der Waals surface area contributed by atoms with Crippen molar-refractivity contribution in [2.75, 3.05) is 6.61 Å². The van der Waals surface area contributed by atoms with Crippen molar-refractivity contribution < 1.29 is 13.5 Å². The summed E-state index contributed by atoms with van der Waals surface area (Å²) in [6, 6.07) is 2.67. The SMILES string of the molecule is CCCOc1cc(CC(N)CC)cc(F)c1F.Cl. The van der Waals surface area contributed by atoms with E-state index in [1.807, 2.05) is 13.8 Å². The Labute approximate surface area is 113 Å². The van der Waals surface area contributed by atoms with Crippen LogP contribution in [0.3, 0.4) is 0 Å². The molecule has 0 aliphatic carbocycles. The number of nitrogens with two attached hydrogens (primary N) is 1. The van der Waals surface area contributed by atoms with Gasteiger partial charge in [-0.2, -0.15) is 4.39 Å². The molecule has 0 amide bonds. The maximum atomic E-state index is 13.4. The lowest BCUT2D eigenvalue weighted by molar-refractivity contribution is 0.294. The fourth-order valence-electron chi connectivity index (χ4n) is 1.50. The third-order valence-corrected chi connectivity index (χ3v) is 2.54. The lowest BCUT2D eigenvalue weighted by Crippen LogP contribution is -2.21. The molecular weight excluding hydrogens is 260 g/mol. The van der Waals surface area contributed by atoms with Crippen LogP contribution < -0.4 is 10.5 Å². The monoisotopic (exact) mass is 279 g/mol. The first-order valence-electron chi connectivity index (χ1n) is 5.94. The van der Waals surface area contributed by atoms with Crippen LogP contribution in [-0.4, -0.2) is 12.6 Å². The molecule has 1 unspecified atom stereocenters. The predicted molar refractivity (Wildman–Crippen MR) is 71.4 cm³/mol. The van der Waals surface area contributed by atoms with Crippen LogP contribution >= 0.6 is 12.4 Å². The zero-order chi connectivity index (χ0) is 12.8. The molecule has 0 spiro atoms. The number of benzene rings is 1. The molecule has 1 rings (SSSR count). The van der Waals surface area contributed by atoms with Crippen LogP contribution in [0.1, 0.15) is 32.3 Å². The van der Waals surface area contributed by atoms with E-state index in [0.717, 1.165) is 12.8 Å². The van der Waals surface area contributed by atoms with Gasteiger partial charge < -0.3 is 10.5 Å². The van der Waals surface area contributed by atoms with Gasteiger partial charge in [-0.25, -0.2) is 4.39 Å². The van der Waals surface area contributed by atoms with Gasteiger partial charge in [0.05, 0.1) is 6.61 Å². The quantitative estimate of drug-likeness (QED) is 0.865. The molecule has 0 aliphatic rings. The van der Waals surface area contributed by atoms with Crippen LogP contribution in [0, 0.1) is 11.6 Å². The summed E-state index contributed by atoms with van der Waals surface area (Å²) in [5, 5.41) is 0. The van der Waals surface area contributed by atoms with Gasteiger partial charge in [0.1, 0.15) is 0 Å². The summed E-state index contributed by atoms with van der Waals surface area (Å²) in [7, 11) is 0. The van der Waals surface area contributed by atoms with Crippen LogP contribution in [0.4, 0.5) is 8.78 Å². The molecule has 1 aromatic rings. The lowest BCUT2D eigenvalue weighted by Gasteiger charge is -2.12. The molecule has 104 valence electrons. The molecule has 18 heavy (non-hydrogen) atoms. The Bertz CT molecular complexity index is 374. The first-order chi connectivity index (χ1) is 8.08. The molecule has 5 heteroatoms. The first kappa shape index (κ1) is 17.1. The van der Waals surface area contributed by atoms with Gasteiger partial charge in [0.2, 0.25) is 5.82 Å². The average molecular weight is 280 g/mol. The third kappa shape index (κ3) is 4.78. The Balaban J connectivity index is 0.00000289. The van der Waals surface area contributed by atoms with E-state index < -0.39 is 11.6 Å². The van der Waals surface area contributed by atoms with Crippen molar-refractivity contribution in [1.82, 2.24) is 0 Å². The molecule has 1 aromatic carbocycles. The van der Waals surface area contributed by atoms with Crippen LogP contribution in [0.2, 0.25) is 0 Å². The maximum absolute atomic E-state index is 13.4. The summed E-state index contributed by atoms with van der Waals surface area (Å²) in [5.74, 6) is -1.82. The van der Waals surface area contributed by atoms with E-state index in [2.05, 4.69) is 0 Å². The number of hydrogen-bond donors (Lipinski definition) is 1. The Hall–Kier alpha value is -0.870. The second-order valence-electron chi connectivity index (χ2n) is 4.11. The van der Waals surface area contributed by atoms with E-state index in [-0.39, 0.29) is 24.2 Å². The third-order valence-electron chi connectivity index (χ3n) is 2.54. The molecule has 2 nitrogen and oxygen atoms in total. The van der Waals surface area contributed by atoms with Gasteiger partial charge in [0, 0.05) is 6.04 Å². The summed E-state index contributed by atoms with van der Waals surface area (Å²) >= 11 is 0. The molecule has 1 atom stereocenters. The highest BCUT2D eigenvalue weighted by Gasteiger charge is 2.13. The van der Waals surface area contributed by atoms with E-state index in [1.54, 1.807) is 0 Å². The highest BCUT2D eigenvalue weighted by atomic mass is 35.5. The number of halogens is 3. The molecule has 0 aliphatic heterocycles. The lowest BCUT2D eigenvalue weighted by atomic mass is 10.0. The second-order valence-corrected chi connectivity index (χ2v) is 4.11. The van der Waals surface area contributed by atoms with Crippen molar-refractivity contribution in [3.63, 3.8) is 0 Å². The average Bonchev–Trinajstić information content (AvgIpc) is 2.31. The zero-order valence-electron chi connectivity index (χ0n) is 10.7. The van der Waals surface area contributed by atoms with Crippen LogP contribution in [0.5, 0.6) is 5.75 Å². The summed E-state index contributed by atoms with van der Waals surface area (Å²) < 4.78 is 31.9. The zero-order valence-corrected chi connectivity index (χ0v) is 11.5. The smallest absolute Gasteiger partial charge is 0.200 e. The topological polar surface area (TPSA) is 35.2 Å². The fourth-order valence-corrected chi connectivity index (χ4v) is 1.50. The number of rotatable bonds is 6. The molecule has 0 bridgehead atoms. The minimum atomic E-state index is -0.924. The van der Waals surface area contributed by atoms with Gasteiger partial charge >= 0.3 is 0 Å². The van der Waals surface area contributed by atoms with Crippen LogP contribution in [0.25, 0.3) is 0 Å². The van der Waals surface area contributed by atoms with Gasteiger partial charge in [-0.3, -0.25) is 0 Å². The Kier molecular flexibility index (Phi) is 7.87. The van der Waals surface area contributed by atoms with E-state index in [0.29, 0.717) is 18.6 Å². The normalized spacial score (nSPS) is 11.8. The number of hydrogen-bond acceptors (Lipinski definition) is 2. The minimum Gasteiger partial charge on any atom is -0.490 e. The first-order valence-corrected chi connectivity index (χ1v) is 5.94. The fraction of sp³-hybridized carbons (Fsp3) is 0.538. The second kappa shape index (κ2) is 8.27. The van der Waals surface area contributed by atoms with Crippen LogP contribution in [-0.2, 0) is 6.42 Å². The molecule has 2 N–H and O–H groups in total. The summed E-state index contributed by atoms with van der Waals surface area (Å²) in [5.41, 5.74) is 6.46. The largest absolute Gasteiger partial charge is 0.490 e. The van der Waals surface area contributed by atoms with E-state index in [1.165, 1.54) is 12.1 Å². The van der Waals surface area contributed by atoms with Gasteiger partial charge in [0.15, 0.2) is 11.6 Å². The van der Waals surface area contributed by atoms with Crippen molar-refractivity contribution in [3.8, 4) is 5.75 Å². The summed E-state index contributed by atoms with van der Waals surface area (Å²) in [6.07, 6.45) is 2.07. The highest BCUT2D eigenvalue weighted by Crippen LogP contribution is 2.23. The van der Waals surface area contributed by atoms with E-state index >= 15 is 0 Å². The summed E-state index contributed by atoms with van der Waals surface area (Å²) in [4.78, 5) is 0. The molecule has 0 saturated heterocycles. The molecular formula is C13H20ClF2NO. The molecule has 0 radical (unpaired) electrons. The molecule has 0 fully saturated rings. The number of ether oxygens (including phenoxy) is 1. The predicted octanol–water partition coefficient (Wildman–Crippen LogP) is 3.46. The Morgan fingerprint density at radius 3 is 2.50 bits per heavy atom. The van der Waals surface area contributed by atoms with Crippen molar-refractivity contribution in [3.05, 3.63) is 29.3 Å². The van der Waals surface area contributed by atoms with Gasteiger partial charge in [0.25, 0.3) is 0 Å². The molecule has 0 heterocycles. The standard InChI is InChI=1S/C13H19F2NO.ClH/c1-3-5-17-12-8-9(6-10(16)4-2)7-11(14)13(12)15;/h7-8,10H,3-6,16H2,1-2H3;1H. The van der Waals surface area contributed by atoms with Crippen molar-refractivity contribution >= 4 is 12.4 Å². The minimum absolute atomic E-state index is 0. The van der Waals surface area contributed by atoms with Crippen LogP contribution in [0.15, 0.2) is 12.1 Å². The Morgan fingerprint density at radius 2 is 1.94 bits per heavy atom.